The van der Waals surface area contributed by atoms with Gasteiger partial charge in [-0.1, -0.05) is 16.8 Å². The Morgan fingerprint density at radius 1 is 1.30 bits per heavy atom. The molecule has 7 heteroatoms. The zero-order chi connectivity index (χ0) is 14.1. The van der Waals surface area contributed by atoms with E-state index in [1.807, 2.05) is 6.92 Å². The predicted octanol–water partition coefficient (Wildman–Crippen LogP) is 3.41. The molecule has 0 amide bonds. The molecule has 0 atom stereocenters. The van der Waals surface area contributed by atoms with Crippen LogP contribution >= 0.6 is 11.6 Å². The number of halogens is 2. The third-order valence-electron chi connectivity index (χ3n) is 2.83. The molecule has 0 saturated carbocycles. The van der Waals surface area contributed by atoms with Crippen molar-refractivity contribution in [2.24, 2.45) is 0 Å². The Kier molecular flexibility index (Phi) is 3.23. The lowest BCUT2D eigenvalue weighted by Gasteiger charge is -1.99. The van der Waals surface area contributed by atoms with E-state index in [1.54, 1.807) is 16.8 Å². The van der Waals surface area contributed by atoms with Crippen molar-refractivity contribution in [1.29, 1.82) is 0 Å². The monoisotopic (exact) mass is 292 g/mol. The largest absolute Gasteiger partial charge is 0.332 e. The first-order chi connectivity index (χ1) is 9.69. The highest BCUT2D eigenvalue weighted by molar-refractivity contribution is 6.32. The minimum atomic E-state index is -0.315. The minimum absolute atomic E-state index is 0.286. The summed E-state index contributed by atoms with van der Waals surface area (Å²) in [5, 5.41) is 8.44. The number of benzene rings is 1. The molecule has 0 aliphatic heterocycles. The fourth-order valence-corrected chi connectivity index (χ4v) is 2.07. The first-order valence-corrected chi connectivity index (χ1v) is 6.38. The Hall–Kier alpha value is -2.21. The molecule has 102 valence electrons. The highest BCUT2D eigenvalue weighted by Gasteiger charge is 2.18. The topological polar surface area (TPSA) is 56.7 Å². The maximum atomic E-state index is 12.9. The molecule has 1 aromatic carbocycles. The van der Waals surface area contributed by atoms with Gasteiger partial charge in [-0.25, -0.2) is 4.39 Å². The molecule has 0 saturated heterocycles. The summed E-state index contributed by atoms with van der Waals surface area (Å²) in [6.45, 7) is 2.57. The summed E-state index contributed by atoms with van der Waals surface area (Å²) in [4.78, 5) is 4.28. The number of aromatic nitrogens is 4. The fraction of sp³-hybridized carbons (Fsp3) is 0.154. The molecule has 0 fully saturated rings. The minimum Gasteiger partial charge on any atom is -0.332 e. The molecule has 0 aliphatic carbocycles. The molecule has 20 heavy (non-hydrogen) atoms. The second kappa shape index (κ2) is 5.05. The lowest BCUT2D eigenvalue weighted by molar-refractivity contribution is 0.427. The van der Waals surface area contributed by atoms with Crippen LogP contribution in [0.2, 0.25) is 5.02 Å². The van der Waals surface area contributed by atoms with Gasteiger partial charge in [0.15, 0.2) is 0 Å². The SMILES string of the molecule is CCn1ncc(Cl)c1-c1nc(-c2ccc(F)cc2)no1. The van der Waals surface area contributed by atoms with Gasteiger partial charge in [-0.15, -0.1) is 0 Å². The van der Waals surface area contributed by atoms with E-state index in [2.05, 4.69) is 15.2 Å². The Morgan fingerprint density at radius 3 is 2.75 bits per heavy atom. The average Bonchev–Trinajstić information content (AvgIpc) is 3.05. The molecule has 3 rings (SSSR count). The van der Waals surface area contributed by atoms with E-state index < -0.39 is 0 Å². The van der Waals surface area contributed by atoms with Crippen LogP contribution in [-0.2, 0) is 6.54 Å². The Labute approximate surface area is 119 Å². The smallest absolute Gasteiger partial charge is 0.278 e. The highest BCUT2D eigenvalue weighted by Crippen LogP contribution is 2.28. The number of hydrogen-bond acceptors (Lipinski definition) is 4. The van der Waals surface area contributed by atoms with Crippen molar-refractivity contribution in [2.75, 3.05) is 0 Å². The molecule has 0 N–H and O–H groups in total. The van der Waals surface area contributed by atoms with Crippen molar-refractivity contribution >= 4 is 11.6 Å². The molecule has 0 bridgehead atoms. The van der Waals surface area contributed by atoms with Crippen molar-refractivity contribution in [3.63, 3.8) is 0 Å². The lowest BCUT2D eigenvalue weighted by atomic mass is 10.2. The van der Waals surface area contributed by atoms with Gasteiger partial charge in [0.1, 0.15) is 11.5 Å². The van der Waals surface area contributed by atoms with Gasteiger partial charge in [-0.3, -0.25) is 4.68 Å². The second-order valence-electron chi connectivity index (χ2n) is 4.09. The van der Waals surface area contributed by atoms with E-state index in [-0.39, 0.29) is 11.7 Å². The summed E-state index contributed by atoms with van der Waals surface area (Å²) in [5.74, 6) is 0.346. The predicted molar refractivity (Wildman–Crippen MR) is 71.6 cm³/mol. The highest BCUT2D eigenvalue weighted by atomic mass is 35.5. The van der Waals surface area contributed by atoms with Gasteiger partial charge in [0, 0.05) is 12.1 Å². The third kappa shape index (κ3) is 2.18. The van der Waals surface area contributed by atoms with E-state index in [1.165, 1.54) is 18.3 Å². The van der Waals surface area contributed by atoms with Gasteiger partial charge < -0.3 is 4.52 Å². The average molecular weight is 293 g/mol. The number of aryl methyl sites for hydroxylation is 1. The van der Waals surface area contributed by atoms with Gasteiger partial charge >= 0.3 is 0 Å². The zero-order valence-corrected chi connectivity index (χ0v) is 11.3. The van der Waals surface area contributed by atoms with Crippen LogP contribution in [-0.4, -0.2) is 19.9 Å². The van der Waals surface area contributed by atoms with E-state index in [4.69, 9.17) is 16.1 Å². The van der Waals surface area contributed by atoms with Gasteiger partial charge in [0.05, 0.1) is 11.2 Å². The van der Waals surface area contributed by atoms with E-state index in [0.29, 0.717) is 28.6 Å². The molecule has 2 aromatic heterocycles. The number of rotatable bonds is 3. The molecule has 0 radical (unpaired) electrons. The molecule has 0 unspecified atom stereocenters. The summed E-state index contributed by atoms with van der Waals surface area (Å²) in [5.41, 5.74) is 1.25. The summed E-state index contributed by atoms with van der Waals surface area (Å²) < 4.78 is 19.8. The van der Waals surface area contributed by atoms with Crippen molar-refractivity contribution < 1.29 is 8.91 Å². The standard InChI is InChI=1S/C13H10ClFN4O/c1-2-19-11(10(14)7-16-19)13-17-12(18-20-13)8-3-5-9(15)6-4-8/h3-7H,2H2,1H3. The molecular weight excluding hydrogens is 283 g/mol. The Balaban J connectivity index is 2.02. The summed E-state index contributed by atoms with van der Waals surface area (Å²) >= 11 is 6.07. The third-order valence-corrected chi connectivity index (χ3v) is 3.10. The van der Waals surface area contributed by atoms with Crippen molar-refractivity contribution in [3.05, 3.63) is 41.3 Å². The van der Waals surface area contributed by atoms with Gasteiger partial charge in [0.25, 0.3) is 5.89 Å². The molecule has 3 aromatic rings. The van der Waals surface area contributed by atoms with Crippen LogP contribution in [0.4, 0.5) is 4.39 Å². The Bertz CT molecular complexity index is 735. The van der Waals surface area contributed by atoms with Gasteiger partial charge in [0.2, 0.25) is 5.82 Å². The van der Waals surface area contributed by atoms with Gasteiger partial charge in [-0.2, -0.15) is 10.1 Å². The van der Waals surface area contributed by atoms with Crippen LogP contribution in [0.5, 0.6) is 0 Å². The summed E-state index contributed by atoms with van der Waals surface area (Å²) in [6.07, 6.45) is 1.53. The van der Waals surface area contributed by atoms with E-state index >= 15 is 0 Å². The van der Waals surface area contributed by atoms with E-state index in [9.17, 15) is 4.39 Å². The van der Waals surface area contributed by atoms with Crippen LogP contribution in [0.15, 0.2) is 35.0 Å². The molecule has 0 aliphatic rings. The quantitative estimate of drug-likeness (QED) is 0.742. The molecular formula is C13H10ClFN4O. The molecule has 5 nitrogen and oxygen atoms in total. The number of nitrogens with zero attached hydrogens (tertiary/aromatic N) is 4. The summed E-state index contributed by atoms with van der Waals surface area (Å²) in [6, 6.07) is 5.86. The lowest BCUT2D eigenvalue weighted by Crippen LogP contribution is -1.99. The second-order valence-corrected chi connectivity index (χ2v) is 4.49. The zero-order valence-electron chi connectivity index (χ0n) is 10.5. The van der Waals surface area contributed by atoms with Crippen LogP contribution < -0.4 is 0 Å². The maximum Gasteiger partial charge on any atom is 0.278 e. The summed E-state index contributed by atoms with van der Waals surface area (Å²) in [7, 11) is 0. The molecule has 0 spiro atoms. The normalized spacial score (nSPS) is 10.9. The number of hydrogen-bond donors (Lipinski definition) is 0. The maximum absolute atomic E-state index is 12.9. The Morgan fingerprint density at radius 2 is 2.05 bits per heavy atom. The fourth-order valence-electron chi connectivity index (χ4n) is 1.85. The van der Waals surface area contributed by atoms with Crippen molar-refractivity contribution in [1.82, 2.24) is 19.9 Å². The van der Waals surface area contributed by atoms with Gasteiger partial charge in [-0.05, 0) is 31.2 Å². The van der Waals surface area contributed by atoms with Crippen LogP contribution in [0.3, 0.4) is 0 Å². The van der Waals surface area contributed by atoms with Crippen LogP contribution in [0.25, 0.3) is 23.0 Å². The van der Waals surface area contributed by atoms with Crippen LogP contribution in [0, 0.1) is 5.82 Å². The molecule has 2 heterocycles. The van der Waals surface area contributed by atoms with Crippen molar-refractivity contribution in [2.45, 2.75) is 13.5 Å². The van der Waals surface area contributed by atoms with Crippen LogP contribution in [0.1, 0.15) is 6.92 Å². The first kappa shape index (κ1) is 12.8. The van der Waals surface area contributed by atoms with Crippen molar-refractivity contribution in [3.8, 4) is 23.0 Å². The first-order valence-electron chi connectivity index (χ1n) is 6.00. The van der Waals surface area contributed by atoms with E-state index in [0.717, 1.165) is 0 Å².